The van der Waals surface area contributed by atoms with E-state index in [4.69, 9.17) is 11.6 Å². The second kappa shape index (κ2) is 9.72. The van der Waals surface area contributed by atoms with Crippen LogP contribution >= 0.6 is 22.9 Å². The highest BCUT2D eigenvalue weighted by Crippen LogP contribution is 2.33. The van der Waals surface area contributed by atoms with E-state index in [1.807, 2.05) is 48.5 Å². The number of hydrogen-bond acceptors (Lipinski definition) is 6. The highest BCUT2D eigenvalue weighted by molar-refractivity contribution is 7.19. The molecule has 3 heterocycles. The number of pyridine rings is 1. The van der Waals surface area contributed by atoms with Crippen LogP contribution in [0.15, 0.2) is 64.4 Å². The number of hydrogen-bond donors (Lipinski definition) is 3. The molecule has 8 heteroatoms. The van der Waals surface area contributed by atoms with Gasteiger partial charge in [-0.05, 0) is 66.9 Å². The van der Waals surface area contributed by atoms with Crippen LogP contribution in [-0.4, -0.2) is 45.5 Å². The van der Waals surface area contributed by atoms with Crippen LogP contribution in [0, 0.1) is 0 Å². The number of nitrogens with zero attached hydrogens (tertiary/aromatic N) is 2. The van der Waals surface area contributed by atoms with Gasteiger partial charge in [-0.1, -0.05) is 29.8 Å². The third-order valence-electron chi connectivity index (χ3n) is 6.27. The van der Waals surface area contributed by atoms with Gasteiger partial charge in [-0.2, -0.15) is 0 Å². The molecule has 0 amide bonds. The minimum Gasteiger partial charge on any atom is -0.494 e. The third kappa shape index (κ3) is 4.65. The molecule has 1 saturated heterocycles. The van der Waals surface area contributed by atoms with Gasteiger partial charge in [-0.3, -0.25) is 19.7 Å². The van der Waals surface area contributed by atoms with Crippen molar-refractivity contribution in [1.82, 2.24) is 9.88 Å². The van der Waals surface area contributed by atoms with E-state index < -0.39 is 0 Å². The maximum absolute atomic E-state index is 12.4. The van der Waals surface area contributed by atoms with Crippen LogP contribution in [0.25, 0.3) is 21.2 Å². The molecule has 2 aromatic carbocycles. The standard InChI is InChI=1S/C26H24ClN3O3S/c27-24-10-9-23(34-24)17-5-8-20-21(12-17)22(26(33)29-25(20)32)13-28-18-6-3-16(4-7-18)14-30-11-1-2-19(30)15-31/h3-10,12-13,19,31H,1-2,11,14-15H2,(H2,29,32,33)/t19-/m0/s1. The van der Waals surface area contributed by atoms with Crippen molar-refractivity contribution in [3.8, 4) is 16.3 Å². The van der Waals surface area contributed by atoms with Crippen LogP contribution in [0.4, 0.5) is 5.69 Å². The molecule has 2 aromatic heterocycles. The minimum atomic E-state index is -0.354. The lowest BCUT2D eigenvalue weighted by Crippen LogP contribution is -2.31. The Hall–Kier alpha value is -2.97. The van der Waals surface area contributed by atoms with Crippen LogP contribution < -0.4 is 5.56 Å². The van der Waals surface area contributed by atoms with Gasteiger partial charge in [-0.15, -0.1) is 11.3 Å². The largest absolute Gasteiger partial charge is 0.494 e. The van der Waals surface area contributed by atoms with E-state index in [0.717, 1.165) is 47.6 Å². The average molecular weight is 494 g/mol. The number of rotatable bonds is 6. The number of likely N-dealkylation sites (tertiary alicyclic amines) is 1. The Labute approximate surface area is 205 Å². The van der Waals surface area contributed by atoms with Gasteiger partial charge >= 0.3 is 0 Å². The lowest BCUT2D eigenvalue weighted by Gasteiger charge is -2.22. The number of benzene rings is 2. The number of H-pyrrole nitrogens is 1. The van der Waals surface area contributed by atoms with Crippen molar-refractivity contribution < 1.29 is 10.2 Å². The van der Waals surface area contributed by atoms with Crippen LogP contribution in [0.2, 0.25) is 4.34 Å². The van der Waals surface area contributed by atoms with Crippen LogP contribution in [0.1, 0.15) is 24.0 Å². The van der Waals surface area contributed by atoms with Gasteiger partial charge in [0.2, 0.25) is 5.88 Å². The number of fused-ring (bicyclic) bond motifs is 1. The third-order valence-corrected chi connectivity index (χ3v) is 7.55. The Balaban J connectivity index is 1.43. The van der Waals surface area contributed by atoms with Gasteiger partial charge in [0, 0.05) is 34.5 Å². The molecule has 5 rings (SSSR count). The summed E-state index contributed by atoms with van der Waals surface area (Å²) >= 11 is 7.54. The predicted molar refractivity (Wildman–Crippen MR) is 139 cm³/mol. The monoisotopic (exact) mass is 493 g/mol. The first-order valence-electron chi connectivity index (χ1n) is 11.1. The van der Waals surface area contributed by atoms with Crippen molar-refractivity contribution in [3.05, 3.63) is 80.4 Å². The first-order valence-corrected chi connectivity index (χ1v) is 12.3. The number of aliphatic imine (C=N–C) groups is 1. The number of aromatic hydroxyl groups is 1. The summed E-state index contributed by atoms with van der Waals surface area (Å²) in [5, 5.41) is 21.1. The molecule has 6 nitrogen and oxygen atoms in total. The molecule has 0 aliphatic carbocycles. The smallest absolute Gasteiger partial charge is 0.258 e. The summed E-state index contributed by atoms with van der Waals surface area (Å²) in [5.41, 5.74) is 2.91. The first kappa shape index (κ1) is 22.8. The highest BCUT2D eigenvalue weighted by atomic mass is 35.5. The van der Waals surface area contributed by atoms with Crippen molar-refractivity contribution in [3.63, 3.8) is 0 Å². The minimum absolute atomic E-state index is 0.195. The molecular formula is C26H24ClN3O3S. The number of aliphatic hydroxyl groups excluding tert-OH is 1. The summed E-state index contributed by atoms with van der Waals surface area (Å²) in [6.07, 6.45) is 3.73. The molecule has 174 valence electrons. The average Bonchev–Trinajstić information content (AvgIpc) is 3.48. The number of aromatic nitrogens is 1. The molecule has 1 fully saturated rings. The van der Waals surface area contributed by atoms with E-state index in [0.29, 0.717) is 20.7 Å². The van der Waals surface area contributed by atoms with Gasteiger partial charge < -0.3 is 10.2 Å². The van der Waals surface area contributed by atoms with Gasteiger partial charge in [0.1, 0.15) is 0 Å². The van der Waals surface area contributed by atoms with Gasteiger partial charge in [-0.25, -0.2) is 0 Å². The second-order valence-electron chi connectivity index (χ2n) is 8.45. The van der Waals surface area contributed by atoms with Crippen LogP contribution in [0.5, 0.6) is 5.88 Å². The zero-order chi connectivity index (χ0) is 23.7. The molecule has 0 spiro atoms. The Morgan fingerprint density at radius 1 is 1.15 bits per heavy atom. The van der Waals surface area contributed by atoms with Crippen molar-refractivity contribution in [2.45, 2.75) is 25.4 Å². The summed E-state index contributed by atoms with van der Waals surface area (Å²) in [4.78, 5) is 22.7. The molecule has 1 aliphatic rings. The number of thiophene rings is 1. The van der Waals surface area contributed by atoms with E-state index in [1.165, 1.54) is 11.3 Å². The molecule has 1 atom stereocenters. The second-order valence-corrected chi connectivity index (χ2v) is 10.2. The van der Waals surface area contributed by atoms with E-state index in [1.54, 1.807) is 12.3 Å². The van der Waals surface area contributed by atoms with Crippen molar-refractivity contribution in [2.75, 3.05) is 13.2 Å². The van der Waals surface area contributed by atoms with Gasteiger partial charge in [0.05, 0.1) is 22.2 Å². The maximum atomic E-state index is 12.4. The van der Waals surface area contributed by atoms with E-state index in [-0.39, 0.29) is 24.1 Å². The van der Waals surface area contributed by atoms with Crippen molar-refractivity contribution in [1.29, 1.82) is 0 Å². The molecule has 0 saturated carbocycles. The Morgan fingerprint density at radius 2 is 1.97 bits per heavy atom. The Morgan fingerprint density at radius 3 is 2.71 bits per heavy atom. The predicted octanol–water partition coefficient (Wildman–Crippen LogP) is 5.32. The fraction of sp³-hybridized carbons (Fsp3) is 0.231. The summed E-state index contributed by atoms with van der Waals surface area (Å²) in [5.74, 6) is -0.219. The summed E-state index contributed by atoms with van der Waals surface area (Å²) in [6.45, 7) is 2.00. The Kier molecular flexibility index (Phi) is 6.52. The fourth-order valence-corrected chi connectivity index (χ4v) is 5.50. The number of aromatic amines is 1. The molecule has 4 aromatic rings. The number of halogens is 1. The van der Waals surface area contributed by atoms with E-state index in [9.17, 15) is 15.0 Å². The van der Waals surface area contributed by atoms with E-state index in [2.05, 4.69) is 14.9 Å². The maximum Gasteiger partial charge on any atom is 0.258 e. The topological polar surface area (TPSA) is 88.9 Å². The molecule has 0 bridgehead atoms. The molecule has 0 unspecified atom stereocenters. The Bertz CT molecular complexity index is 1410. The highest BCUT2D eigenvalue weighted by Gasteiger charge is 2.23. The molecule has 3 N–H and O–H groups in total. The van der Waals surface area contributed by atoms with Crippen molar-refractivity contribution >= 4 is 45.6 Å². The summed E-state index contributed by atoms with van der Waals surface area (Å²) in [6, 6.07) is 17.4. The normalized spacial score (nSPS) is 16.7. The summed E-state index contributed by atoms with van der Waals surface area (Å²) in [7, 11) is 0. The fourth-order valence-electron chi connectivity index (χ4n) is 4.46. The lowest BCUT2D eigenvalue weighted by atomic mass is 10.0. The summed E-state index contributed by atoms with van der Waals surface area (Å²) < 4.78 is 0.686. The molecule has 1 aliphatic heterocycles. The van der Waals surface area contributed by atoms with Crippen molar-refractivity contribution in [2.24, 2.45) is 4.99 Å². The number of nitrogens with one attached hydrogen (secondary N) is 1. The zero-order valence-corrected chi connectivity index (χ0v) is 19.9. The quantitative estimate of drug-likeness (QED) is 0.317. The SMILES string of the molecule is O=c1[nH]c(O)c(C=Nc2ccc(CN3CCC[C@H]3CO)cc2)c2cc(-c3ccc(Cl)s3)ccc12. The first-order chi connectivity index (χ1) is 16.5. The van der Waals surface area contributed by atoms with Gasteiger partial charge in [0.25, 0.3) is 5.56 Å². The number of aliphatic hydroxyl groups is 1. The van der Waals surface area contributed by atoms with Crippen LogP contribution in [-0.2, 0) is 6.54 Å². The van der Waals surface area contributed by atoms with Crippen LogP contribution in [0.3, 0.4) is 0 Å². The zero-order valence-electron chi connectivity index (χ0n) is 18.4. The molecule has 0 radical (unpaired) electrons. The molecule has 34 heavy (non-hydrogen) atoms. The molecular weight excluding hydrogens is 470 g/mol. The van der Waals surface area contributed by atoms with Gasteiger partial charge in [0.15, 0.2) is 0 Å². The van der Waals surface area contributed by atoms with E-state index >= 15 is 0 Å². The lowest BCUT2D eigenvalue weighted by molar-refractivity contribution is 0.153.